The number of anilines is 2. The van der Waals surface area contributed by atoms with E-state index in [0.29, 0.717) is 17.6 Å². The van der Waals surface area contributed by atoms with Crippen LogP contribution in [0.15, 0.2) is 36.9 Å². The van der Waals surface area contributed by atoms with E-state index in [1.807, 2.05) is 38.2 Å². The largest absolute Gasteiger partial charge is 0.469 e. The lowest BCUT2D eigenvalue weighted by atomic mass is 10.1. The molecule has 1 saturated heterocycles. The summed E-state index contributed by atoms with van der Waals surface area (Å²) in [6.45, 7) is 1.57. The molecule has 12 nitrogen and oxygen atoms in total. The second-order valence-electron chi connectivity index (χ2n) is 7.39. The highest BCUT2D eigenvalue weighted by molar-refractivity contribution is 7.46. The van der Waals surface area contributed by atoms with Gasteiger partial charge < -0.3 is 30.3 Å². The zero-order valence-corrected chi connectivity index (χ0v) is 18.4. The first-order valence-corrected chi connectivity index (χ1v) is 11.5. The summed E-state index contributed by atoms with van der Waals surface area (Å²) < 4.78 is 30.1. The summed E-state index contributed by atoms with van der Waals surface area (Å²) in [6, 6.07) is 7.73. The number of nitrogens with zero attached hydrogens (tertiary/aromatic N) is 4. The molecule has 4 atom stereocenters. The lowest BCUT2D eigenvalue weighted by Crippen LogP contribution is -2.30. The van der Waals surface area contributed by atoms with Crippen molar-refractivity contribution in [1.82, 2.24) is 19.5 Å². The molecule has 172 valence electrons. The number of nitrogens with one attached hydrogen (secondary N) is 1. The molecule has 3 heterocycles. The number of para-hydroxylation sites is 1. The van der Waals surface area contributed by atoms with Crippen LogP contribution in [0.1, 0.15) is 31.2 Å². The number of imidazole rings is 1. The van der Waals surface area contributed by atoms with E-state index in [-0.39, 0.29) is 18.5 Å². The van der Waals surface area contributed by atoms with Gasteiger partial charge in [0.25, 0.3) is 0 Å². The monoisotopic (exact) mass is 464 g/mol. The van der Waals surface area contributed by atoms with Gasteiger partial charge in [0.1, 0.15) is 24.2 Å². The Bertz CT molecular complexity index is 1140. The number of rotatable bonds is 8. The summed E-state index contributed by atoms with van der Waals surface area (Å²) in [6.07, 6.45) is 1.17. The van der Waals surface area contributed by atoms with Crippen LogP contribution in [0.5, 0.6) is 0 Å². The molecule has 3 aromatic rings. The zero-order valence-electron chi connectivity index (χ0n) is 17.5. The fraction of sp³-hybridized carbons (Fsp3) is 0.421. The normalized spacial score (nSPS) is 22.3. The number of phosphoric acid groups is 1. The molecule has 1 aromatic carbocycles. The number of fused-ring (bicyclic) bond motifs is 1. The topological polar surface area (TPSA) is 167 Å². The molecule has 2 unspecified atom stereocenters. The highest BCUT2D eigenvalue weighted by Crippen LogP contribution is 2.40. The van der Waals surface area contributed by atoms with Gasteiger partial charge in [-0.05, 0) is 13.0 Å². The minimum Gasteiger partial charge on any atom is -0.388 e. The Labute approximate surface area is 184 Å². The number of ether oxygens (including phenoxy) is 2. The molecule has 2 aromatic heterocycles. The Morgan fingerprint density at radius 2 is 2.12 bits per heavy atom. The third-order valence-corrected chi connectivity index (χ3v) is 5.82. The van der Waals surface area contributed by atoms with Crippen LogP contribution in [0, 0.1) is 0 Å². The Hall–Kier alpha value is -2.60. The molecule has 1 aliphatic rings. The summed E-state index contributed by atoms with van der Waals surface area (Å²) in [4.78, 5) is 30.7. The van der Waals surface area contributed by atoms with Gasteiger partial charge in [0.2, 0.25) is 0 Å². The molecule has 1 aliphatic heterocycles. The maximum atomic E-state index is 11.3. The standard InChI is InChI=1S/C19H25N6O6P/c1-11(12-5-3-4-6-13(12)21-2)30-14-7-16(31-15(14)8-29-32(26,27)28)25-10-24-17-18(20)22-9-23-19(17)25/h3-6,9-11,14-16,21H,7-8H2,1-2H3,(H2,20,22,23)(H2,26,27,28)/t11?,14-,15?,16+/m0/s1. The molecule has 0 aliphatic carbocycles. The zero-order chi connectivity index (χ0) is 22.9. The van der Waals surface area contributed by atoms with Gasteiger partial charge in [-0.1, -0.05) is 18.2 Å². The summed E-state index contributed by atoms with van der Waals surface area (Å²) in [5.41, 5.74) is 8.68. The Morgan fingerprint density at radius 3 is 2.88 bits per heavy atom. The van der Waals surface area contributed by atoms with Gasteiger partial charge in [0.15, 0.2) is 11.5 Å². The molecule has 0 bridgehead atoms. The minimum absolute atomic E-state index is 0.248. The van der Waals surface area contributed by atoms with Gasteiger partial charge in [-0.25, -0.2) is 19.5 Å². The van der Waals surface area contributed by atoms with Crippen molar-refractivity contribution in [3.63, 3.8) is 0 Å². The summed E-state index contributed by atoms with van der Waals surface area (Å²) in [5, 5.41) is 3.14. The van der Waals surface area contributed by atoms with E-state index in [1.54, 1.807) is 10.9 Å². The van der Waals surface area contributed by atoms with Crippen LogP contribution in [0.2, 0.25) is 0 Å². The second-order valence-corrected chi connectivity index (χ2v) is 8.63. The van der Waals surface area contributed by atoms with Crippen molar-refractivity contribution in [2.24, 2.45) is 0 Å². The lowest BCUT2D eigenvalue weighted by molar-refractivity contribution is -0.0769. The van der Waals surface area contributed by atoms with Crippen molar-refractivity contribution >= 4 is 30.5 Å². The molecule has 13 heteroatoms. The fourth-order valence-corrected chi connectivity index (χ4v) is 4.17. The maximum absolute atomic E-state index is 11.3. The highest BCUT2D eigenvalue weighted by atomic mass is 31.2. The van der Waals surface area contributed by atoms with Crippen LogP contribution >= 0.6 is 7.82 Å². The number of hydrogen-bond acceptors (Lipinski definition) is 9. The number of benzene rings is 1. The molecule has 0 amide bonds. The third kappa shape index (κ3) is 4.75. The van der Waals surface area contributed by atoms with Gasteiger partial charge in [0, 0.05) is 24.7 Å². The number of nitrogens with two attached hydrogens (primary N) is 1. The van der Waals surface area contributed by atoms with Gasteiger partial charge in [-0.3, -0.25) is 9.09 Å². The van der Waals surface area contributed by atoms with Crippen molar-refractivity contribution < 1.29 is 28.3 Å². The molecule has 4 rings (SSSR count). The van der Waals surface area contributed by atoms with Crippen molar-refractivity contribution in [3.05, 3.63) is 42.5 Å². The average molecular weight is 464 g/mol. The third-order valence-electron chi connectivity index (χ3n) is 5.33. The molecular formula is C19H25N6O6P. The van der Waals surface area contributed by atoms with Crippen molar-refractivity contribution in [3.8, 4) is 0 Å². The molecule has 1 fully saturated rings. The smallest absolute Gasteiger partial charge is 0.388 e. The predicted molar refractivity (Wildman–Crippen MR) is 116 cm³/mol. The van der Waals surface area contributed by atoms with Crippen LogP contribution in [-0.4, -0.2) is 55.2 Å². The van der Waals surface area contributed by atoms with Gasteiger partial charge in [-0.2, -0.15) is 0 Å². The lowest BCUT2D eigenvalue weighted by Gasteiger charge is -2.24. The van der Waals surface area contributed by atoms with E-state index in [1.165, 1.54) is 6.33 Å². The van der Waals surface area contributed by atoms with E-state index in [2.05, 4.69) is 20.3 Å². The first-order valence-electron chi connectivity index (χ1n) is 9.97. The van der Waals surface area contributed by atoms with Gasteiger partial charge >= 0.3 is 7.82 Å². The Balaban J connectivity index is 1.58. The summed E-state index contributed by atoms with van der Waals surface area (Å²) >= 11 is 0. The van der Waals surface area contributed by atoms with E-state index in [9.17, 15) is 4.57 Å². The van der Waals surface area contributed by atoms with Crippen LogP contribution < -0.4 is 11.1 Å². The molecule has 0 saturated carbocycles. The Kier molecular flexibility index (Phi) is 6.42. The second kappa shape index (κ2) is 9.10. The first kappa shape index (κ1) is 22.6. The van der Waals surface area contributed by atoms with Gasteiger partial charge in [-0.15, -0.1) is 0 Å². The van der Waals surface area contributed by atoms with Crippen molar-refractivity contribution in [2.75, 3.05) is 24.7 Å². The summed E-state index contributed by atoms with van der Waals surface area (Å²) in [7, 11) is -2.85. The molecule has 5 N–H and O–H groups in total. The van der Waals surface area contributed by atoms with Crippen molar-refractivity contribution in [2.45, 2.75) is 37.9 Å². The quantitative estimate of drug-likeness (QED) is 0.360. The van der Waals surface area contributed by atoms with E-state index < -0.39 is 26.3 Å². The summed E-state index contributed by atoms with van der Waals surface area (Å²) in [5.74, 6) is 0.248. The fourth-order valence-electron chi connectivity index (χ4n) is 3.83. The van der Waals surface area contributed by atoms with Crippen LogP contribution in [0.4, 0.5) is 11.5 Å². The molecule has 32 heavy (non-hydrogen) atoms. The van der Waals surface area contributed by atoms with E-state index in [4.69, 9.17) is 29.5 Å². The number of aromatic nitrogens is 4. The molecule has 0 radical (unpaired) electrons. The maximum Gasteiger partial charge on any atom is 0.469 e. The predicted octanol–water partition coefficient (Wildman–Crippen LogP) is 1.99. The first-order chi connectivity index (χ1) is 15.3. The molecule has 0 spiro atoms. The number of nitrogen functional groups attached to an aromatic ring is 1. The number of hydrogen-bond donors (Lipinski definition) is 4. The highest BCUT2D eigenvalue weighted by Gasteiger charge is 2.40. The van der Waals surface area contributed by atoms with Crippen LogP contribution in [0.3, 0.4) is 0 Å². The van der Waals surface area contributed by atoms with Crippen LogP contribution in [0.25, 0.3) is 11.2 Å². The van der Waals surface area contributed by atoms with Crippen LogP contribution in [-0.2, 0) is 18.6 Å². The Morgan fingerprint density at radius 1 is 1.34 bits per heavy atom. The van der Waals surface area contributed by atoms with E-state index in [0.717, 1.165) is 11.3 Å². The van der Waals surface area contributed by atoms with E-state index >= 15 is 0 Å². The minimum atomic E-state index is -4.68. The SMILES string of the molecule is CNc1ccccc1C(C)O[C@H]1C[C@H](n2cnc3c(N)ncnc32)OC1COP(=O)(O)O. The van der Waals surface area contributed by atoms with Crippen molar-refractivity contribution in [1.29, 1.82) is 0 Å². The average Bonchev–Trinajstić information content (AvgIpc) is 3.36. The number of phosphoric ester groups is 1. The van der Waals surface area contributed by atoms with Gasteiger partial charge in [0.05, 0.1) is 25.1 Å². The molecular weight excluding hydrogens is 439 g/mol.